The fraction of sp³-hybridized carbons (Fsp3) is 0.857. The van der Waals surface area contributed by atoms with E-state index in [4.69, 9.17) is 4.43 Å². The third kappa shape index (κ3) is 2.38. The van der Waals surface area contributed by atoms with Crippen LogP contribution in [-0.2, 0) is 4.43 Å². The molecule has 3 aliphatic rings. The Bertz CT molecular complexity index is 330. The molecule has 0 aromatic rings. The van der Waals surface area contributed by atoms with E-state index in [-0.39, 0.29) is 16.7 Å². The minimum absolute atomic E-state index is 0.169. The van der Waals surface area contributed by atoms with Crippen molar-refractivity contribution in [1.29, 1.82) is 0 Å². The van der Waals surface area contributed by atoms with Gasteiger partial charge in [-0.3, -0.25) is 0 Å². The second-order valence-corrected chi connectivity index (χ2v) is 12.0. The van der Waals surface area contributed by atoms with Gasteiger partial charge >= 0.3 is 0 Å². The average Bonchev–Trinajstić information content (AvgIpc) is 2.15. The number of hydrogen-bond acceptors (Lipinski definition) is 2. The molecule has 0 saturated heterocycles. The Balaban J connectivity index is 2.19. The number of aliphatic hydroxyl groups excluding tert-OH is 1. The molecule has 17 heavy (non-hydrogen) atoms. The van der Waals surface area contributed by atoms with Gasteiger partial charge in [0.05, 0.1) is 11.7 Å². The van der Waals surface area contributed by atoms with Crippen molar-refractivity contribution >= 4 is 8.32 Å². The zero-order valence-electron chi connectivity index (χ0n) is 11.8. The van der Waals surface area contributed by atoms with Crippen molar-refractivity contribution in [2.45, 2.75) is 69.9 Å². The highest BCUT2D eigenvalue weighted by Crippen LogP contribution is 2.47. The van der Waals surface area contributed by atoms with Gasteiger partial charge in [0, 0.05) is 12.3 Å². The quantitative estimate of drug-likeness (QED) is 0.604. The lowest BCUT2D eigenvalue weighted by Gasteiger charge is -2.50. The molecule has 3 rings (SSSR count). The van der Waals surface area contributed by atoms with Crippen LogP contribution >= 0.6 is 0 Å². The minimum Gasteiger partial charge on any atom is -0.408 e. The van der Waals surface area contributed by atoms with Gasteiger partial charge in [-0.2, -0.15) is 0 Å². The lowest BCUT2D eigenvalue weighted by atomic mass is 9.71. The van der Waals surface area contributed by atoms with Crippen molar-refractivity contribution in [1.82, 2.24) is 0 Å². The van der Waals surface area contributed by atoms with Crippen LogP contribution in [0.15, 0.2) is 12.2 Å². The van der Waals surface area contributed by atoms with Crippen LogP contribution in [0.5, 0.6) is 0 Å². The maximum Gasteiger partial charge on any atom is 0.193 e. The fourth-order valence-corrected chi connectivity index (χ4v) is 4.25. The number of rotatable bonds is 2. The van der Waals surface area contributed by atoms with Crippen LogP contribution in [0, 0.1) is 5.92 Å². The van der Waals surface area contributed by atoms with E-state index in [2.05, 4.69) is 46.0 Å². The zero-order valence-corrected chi connectivity index (χ0v) is 12.8. The van der Waals surface area contributed by atoms with E-state index in [0.29, 0.717) is 5.92 Å². The fourth-order valence-electron chi connectivity index (χ4n) is 2.67. The highest BCUT2D eigenvalue weighted by molar-refractivity contribution is 6.74. The zero-order chi connectivity index (χ0) is 12.9. The van der Waals surface area contributed by atoms with Crippen LogP contribution in [0.25, 0.3) is 0 Å². The van der Waals surface area contributed by atoms with Gasteiger partial charge in [0.1, 0.15) is 0 Å². The van der Waals surface area contributed by atoms with Crippen molar-refractivity contribution in [3.63, 3.8) is 0 Å². The molecule has 98 valence electrons. The largest absolute Gasteiger partial charge is 0.408 e. The second kappa shape index (κ2) is 3.94. The van der Waals surface area contributed by atoms with Crippen molar-refractivity contribution in [2.24, 2.45) is 5.92 Å². The third-order valence-electron chi connectivity index (χ3n) is 4.86. The molecule has 1 unspecified atom stereocenters. The van der Waals surface area contributed by atoms with Crippen LogP contribution in [-0.4, -0.2) is 25.1 Å². The smallest absolute Gasteiger partial charge is 0.193 e. The molecule has 0 aromatic carbocycles. The van der Waals surface area contributed by atoms with Gasteiger partial charge in [0.25, 0.3) is 0 Å². The molecule has 3 atom stereocenters. The summed E-state index contributed by atoms with van der Waals surface area (Å²) in [6.45, 7) is 11.4. The standard InChI is InChI=1S/C14H26O2Si/c1-13(2,3)17(4,5)16-14-8-6-11(7-9-14)12(15)10-14/h6,8,11-12,15H,7,9-10H2,1-5H3/t11-,12?,14-/m1/s1. The van der Waals surface area contributed by atoms with Crippen molar-refractivity contribution in [2.75, 3.05) is 0 Å². The molecule has 0 aromatic heterocycles. The lowest BCUT2D eigenvalue weighted by molar-refractivity contribution is -0.0340. The van der Waals surface area contributed by atoms with Crippen LogP contribution in [0.3, 0.4) is 0 Å². The SMILES string of the molecule is CC(C)(C)[Si](C)(C)O[C@]12C=C[C@H](CC1)C(O)C2. The monoisotopic (exact) mass is 254 g/mol. The topological polar surface area (TPSA) is 29.5 Å². The molecule has 2 nitrogen and oxygen atoms in total. The highest BCUT2D eigenvalue weighted by atomic mass is 28.4. The van der Waals surface area contributed by atoms with Crippen molar-refractivity contribution in [3.05, 3.63) is 12.2 Å². The summed E-state index contributed by atoms with van der Waals surface area (Å²) in [7, 11) is -1.75. The Kier molecular flexibility index (Phi) is 3.08. The predicted octanol–water partition coefficient (Wildman–Crippen LogP) is 3.48. The molecule has 3 aliphatic carbocycles. The maximum absolute atomic E-state index is 10.0. The molecular formula is C14H26O2Si. The van der Waals surface area contributed by atoms with E-state index in [9.17, 15) is 5.11 Å². The summed E-state index contributed by atoms with van der Waals surface area (Å²) >= 11 is 0. The van der Waals surface area contributed by atoms with Gasteiger partial charge in [-0.15, -0.1) is 0 Å². The molecular weight excluding hydrogens is 228 g/mol. The van der Waals surface area contributed by atoms with Gasteiger partial charge in [-0.25, -0.2) is 0 Å². The highest BCUT2D eigenvalue weighted by Gasteiger charge is 2.48. The average molecular weight is 254 g/mol. The Morgan fingerprint density at radius 1 is 1.35 bits per heavy atom. The summed E-state index contributed by atoms with van der Waals surface area (Å²) in [6.07, 6.45) is 7.16. The van der Waals surface area contributed by atoms with Gasteiger partial charge in [-0.05, 0) is 31.0 Å². The Hall–Kier alpha value is -0.123. The molecule has 2 bridgehead atoms. The summed E-state index contributed by atoms with van der Waals surface area (Å²) in [4.78, 5) is 0. The van der Waals surface area contributed by atoms with Gasteiger partial charge < -0.3 is 9.53 Å². The van der Waals surface area contributed by atoms with Crippen molar-refractivity contribution in [3.8, 4) is 0 Å². The summed E-state index contributed by atoms with van der Waals surface area (Å²) in [5.74, 6) is 0.375. The van der Waals surface area contributed by atoms with E-state index >= 15 is 0 Å². The van der Waals surface area contributed by atoms with E-state index in [1.54, 1.807) is 0 Å². The van der Waals surface area contributed by atoms with Gasteiger partial charge in [-0.1, -0.05) is 32.9 Å². The van der Waals surface area contributed by atoms with Crippen LogP contribution in [0.2, 0.25) is 18.1 Å². The van der Waals surface area contributed by atoms with Crippen molar-refractivity contribution < 1.29 is 9.53 Å². The first-order chi connectivity index (χ1) is 7.65. The van der Waals surface area contributed by atoms with Crippen LogP contribution < -0.4 is 0 Å². The summed E-state index contributed by atoms with van der Waals surface area (Å²) in [5, 5.41) is 10.3. The minimum atomic E-state index is -1.75. The molecule has 0 radical (unpaired) electrons. The number of fused-ring (bicyclic) bond motifs is 2. The number of aliphatic hydroxyl groups is 1. The van der Waals surface area contributed by atoms with E-state index < -0.39 is 8.32 Å². The lowest BCUT2D eigenvalue weighted by Crippen LogP contribution is -2.54. The molecule has 1 fully saturated rings. The molecule has 3 heteroatoms. The van der Waals surface area contributed by atoms with E-state index in [0.717, 1.165) is 19.3 Å². The molecule has 0 spiro atoms. The van der Waals surface area contributed by atoms with E-state index in [1.165, 1.54) is 0 Å². The first-order valence-electron chi connectivity index (χ1n) is 6.73. The Morgan fingerprint density at radius 3 is 2.41 bits per heavy atom. The first kappa shape index (κ1) is 13.3. The third-order valence-corrected chi connectivity index (χ3v) is 9.39. The first-order valence-corrected chi connectivity index (χ1v) is 9.64. The van der Waals surface area contributed by atoms with Crippen LogP contribution in [0.1, 0.15) is 40.0 Å². The normalized spacial score (nSPS) is 37.5. The second-order valence-electron chi connectivity index (χ2n) is 7.26. The Morgan fingerprint density at radius 2 is 2.00 bits per heavy atom. The van der Waals surface area contributed by atoms with Gasteiger partial charge in [0.2, 0.25) is 0 Å². The maximum atomic E-state index is 10.0. The summed E-state index contributed by atoms with van der Waals surface area (Å²) < 4.78 is 6.58. The van der Waals surface area contributed by atoms with E-state index in [1.807, 2.05) is 0 Å². The molecule has 0 heterocycles. The molecule has 0 aliphatic heterocycles. The Labute approximate surface area is 106 Å². The summed E-state index contributed by atoms with van der Waals surface area (Å²) in [6, 6.07) is 0. The summed E-state index contributed by atoms with van der Waals surface area (Å²) in [5.41, 5.74) is -0.169. The molecule has 1 saturated carbocycles. The molecule has 0 amide bonds. The number of hydrogen-bond donors (Lipinski definition) is 1. The predicted molar refractivity (Wildman–Crippen MR) is 73.5 cm³/mol. The molecule has 1 N–H and O–H groups in total. The van der Waals surface area contributed by atoms with Crippen LogP contribution in [0.4, 0.5) is 0 Å². The van der Waals surface area contributed by atoms with Gasteiger partial charge in [0.15, 0.2) is 8.32 Å².